The van der Waals surface area contributed by atoms with Crippen LogP contribution in [-0.2, 0) is 9.47 Å². The normalized spacial score (nSPS) is 9.75. The number of rotatable bonds is 2. The Morgan fingerprint density at radius 2 is 1.69 bits per heavy atom. The van der Waals surface area contributed by atoms with Crippen molar-refractivity contribution in [2.24, 2.45) is 0 Å². The van der Waals surface area contributed by atoms with Crippen LogP contribution in [0.3, 0.4) is 0 Å². The first-order valence-electron chi connectivity index (χ1n) is 4.66. The summed E-state index contributed by atoms with van der Waals surface area (Å²) < 4.78 is 9.21. The van der Waals surface area contributed by atoms with Gasteiger partial charge in [0.15, 0.2) is 0 Å². The van der Waals surface area contributed by atoms with Crippen molar-refractivity contribution in [2.45, 2.75) is 13.8 Å². The van der Waals surface area contributed by atoms with Gasteiger partial charge < -0.3 is 9.47 Å². The van der Waals surface area contributed by atoms with Crippen molar-refractivity contribution in [3.63, 3.8) is 0 Å². The number of carbonyl (C=O) groups excluding carboxylic acids is 2. The molecular formula is C11H13NO4. The predicted molar refractivity (Wildman–Crippen MR) is 56.4 cm³/mol. The topological polar surface area (TPSA) is 65.5 Å². The third-order valence-electron chi connectivity index (χ3n) is 2.12. The molecule has 0 spiro atoms. The second kappa shape index (κ2) is 4.74. The van der Waals surface area contributed by atoms with E-state index >= 15 is 0 Å². The fourth-order valence-corrected chi connectivity index (χ4v) is 1.46. The summed E-state index contributed by atoms with van der Waals surface area (Å²) in [6, 6.07) is 1.51. The van der Waals surface area contributed by atoms with Crippen LogP contribution in [0.5, 0.6) is 0 Å². The third kappa shape index (κ3) is 2.18. The van der Waals surface area contributed by atoms with Crippen molar-refractivity contribution in [1.29, 1.82) is 0 Å². The lowest BCUT2D eigenvalue weighted by Gasteiger charge is -2.09. The number of nitrogens with zero attached hydrogens (tertiary/aromatic N) is 1. The van der Waals surface area contributed by atoms with Gasteiger partial charge in [-0.3, -0.25) is 4.98 Å². The molecule has 0 fully saturated rings. The molecule has 0 aliphatic rings. The predicted octanol–water partition coefficient (Wildman–Crippen LogP) is 1.27. The summed E-state index contributed by atoms with van der Waals surface area (Å²) in [5.41, 5.74) is 1.43. The first-order chi connectivity index (χ1) is 7.51. The Hall–Kier alpha value is -1.91. The zero-order valence-corrected chi connectivity index (χ0v) is 9.66. The molecule has 0 saturated heterocycles. The highest BCUT2D eigenvalue weighted by atomic mass is 16.5. The number of esters is 2. The maximum absolute atomic E-state index is 11.5. The molecule has 0 radical (unpaired) electrons. The fraction of sp³-hybridized carbons (Fsp3) is 0.364. The highest BCUT2D eigenvalue weighted by Gasteiger charge is 2.22. The molecule has 1 heterocycles. The summed E-state index contributed by atoms with van der Waals surface area (Å²) in [5, 5.41) is 0. The van der Waals surface area contributed by atoms with Crippen LogP contribution in [0, 0.1) is 13.8 Å². The molecule has 0 aliphatic heterocycles. The maximum atomic E-state index is 11.5. The van der Waals surface area contributed by atoms with E-state index in [0.717, 1.165) is 0 Å². The number of hydrogen-bond donors (Lipinski definition) is 0. The number of methoxy groups -OCH3 is 2. The average molecular weight is 223 g/mol. The Labute approximate surface area is 93.4 Å². The lowest BCUT2D eigenvalue weighted by Crippen LogP contribution is -2.15. The highest BCUT2D eigenvalue weighted by molar-refractivity contribution is 6.03. The molecule has 1 aromatic heterocycles. The Morgan fingerprint density at radius 1 is 1.12 bits per heavy atom. The zero-order chi connectivity index (χ0) is 12.3. The molecule has 5 heteroatoms. The second-order valence-electron chi connectivity index (χ2n) is 3.25. The Kier molecular flexibility index (Phi) is 3.60. The lowest BCUT2D eigenvalue weighted by atomic mass is 10.1. The van der Waals surface area contributed by atoms with Crippen LogP contribution in [0.25, 0.3) is 0 Å². The third-order valence-corrected chi connectivity index (χ3v) is 2.12. The molecule has 0 unspecified atom stereocenters. The van der Waals surface area contributed by atoms with Gasteiger partial charge in [0.25, 0.3) is 0 Å². The number of pyridine rings is 1. The van der Waals surface area contributed by atoms with Crippen molar-refractivity contribution in [3.8, 4) is 0 Å². The van der Waals surface area contributed by atoms with Crippen LogP contribution in [0.4, 0.5) is 0 Å². The maximum Gasteiger partial charge on any atom is 0.340 e. The number of carbonyl (C=O) groups is 2. The summed E-state index contributed by atoms with van der Waals surface area (Å²) in [4.78, 5) is 27.1. The van der Waals surface area contributed by atoms with Gasteiger partial charge in [0.05, 0.1) is 31.0 Å². The largest absolute Gasteiger partial charge is 0.465 e. The minimum absolute atomic E-state index is 0.153. The molecule has 0 atom stereocenters. The highest BCUT2D eigenvalue weighted by Crippen LogP contribution is 2.16. The number of aromatic nitrogens is 1. The van der Waals surface area contributed by atoms with Gasteiger partial charge in [-0.2, -0.15) is 0 Å². The van der Waals surface area contributed by atoms with Crippen LogP contribution in [0.2, 0.25) is 0 Å². The first kappa shape index (κ1) is 12.2. The van der Waals surface area contributed by atoms with E-state index in [4.69, 9.17) is 0 Å². The van der Waals surface area contributed by atoms with Gasteiger partial charge in [0.1, 0.15) is 0 Å². The summed E-state index contributed by atoms with van der Waals surface area (Å²) in [6.45, 7) is 3.38. The summed E-state index contributed by atoms with van der Waals surface area (Å²) in [6.07, 6.45) is 0. The molecule has 5 nitrogen and oxygen atoms in total. The Morgan fingerprint density at radius 3 is 2.19 bits per heavy atom. The van der Waals surface area contributed by atoms with Gasteiger partial charge in [-0.15, -0.1) is 0 Å². The van der Waals surface area contributed by atoms with E-state index in [1.165, 1.54) is 20.3 Å². The quantitative estimate of drug-likeness (QED) is 0.706. The SMILES string of the molecule is COC(=O)c1cc(C)nc(C)c1C(=O)OC. The van der Waals surface area contributed by atoms with Crippen LogP contribution in [0.15, 0.2) is 6.07 Å². The van der Waals surface area contributed by atoms with Crippen LogP contribution in [-0.4, -0.2) is 31.1 Å². The average Bonchev–Trinajstić information content (AvgIpc) is 2.26. The van der Waals surface area contributed by atoms with E-state index in [1.807, 2.05) is 0 Å². The molecule has 1 rings (SSSR count). The zero-order valence-electron chi connectivity index (χ0n) is 9.66. The number of ether oxygens (including phenoxy) is 2. The minimum atomic E-state index is -0.592. The van der Waals surface area contributed by atoms with Crippen LogP contribution < -0.4 is 0 Å². The molecule has 1 aromatic rings. The standard InChI is InChI=1S/C11H13NO4/c1-6-5-8(10(13)15-3)9(7(2)12-6)11(14)16-4/h5H,1-4H3. The van der Waals surface area contributed by atoms with Crippen LogP contribution >= 0.6 is 0 Å². The molecule has 86 valence electrons. The molecule has 0 amide bonds. The van der Waals surface area contributed by atoms with Crippen molar-refractivity contribution in [1.82, 2.24) is 4.98 Å². The summed E-state index contributed by atoms with van der Waals surface area (Å²) >= 11 is 0. The number of hydrogen-bond acceptors (Lipinski definition) is 5. The first-order valence-corrected chi connectivity index (χ1v) is 4.66. The molecule has 16 heavy (non-hydrogen) atoms. The van der Waals surface area contributed by atoms with Gasteiger partial charge >= 0.3 is 11.9 Å². The van der Waals surface area contributed by atoms with Crippen LogP contribution in [0.1, 0.15) is 32.1 Å². The molecule has 0 saturated carbocycles. The molecule has 0 N–H and O–H groups in total. The van der Waals surface area contributed by atoms with Gasteiger partial charge in [-0.25, -0.2) is 9.59 Å². The Bertz CT molecular complexity index is 440. The van der Waals surface area contributed by atoms with E-state index in [1.54, 1.807) is 13.8 Å². The molecule has 0 aromatic carbocycles. The molecular weight excluding hydrogens is 210 g/mol. The fourth-order valence-electron chi connectivity index (χ4n) is 1.46. The van der Waals surface area contributed by atoms with Gasteiger partial charge in [0, 0.05) is 5.69 Å². The van der Waals surface area contributed by atoms with Crippen molar-refractivity contribution in [3.05, 3.63) is 28.6 Å². The smallest absolute Gasteiger partial charge is 0.340 e. The van der Waals surface area contributed by atoms with E-state index in [2.05, 4.69) is 14.5 Å². The van der Waals surface area contributed by atoms with Crippen molar-refractivity contribution < 1.29 is 19.1 Å². The number of aryl methyl sites for hydroxylation is 2. The monoisotopic (exact) mass is 223 g/mol. The van der Waals surface area contributed by atoms with E-state index < -0.39 is 11.9 Å². The Balaban J connectivity index is 3.44. The lowest BCUT2D eigenvalue weighted by molar-refractivity contribution is 0.0553. The van der Waals surface area contributed by atoms with Crippen molar-refractivity contribution in [2.75, 3.05) is 14.2 Å². The molecule has 0 aliphatic carbocycles. The summed E-state index contributed by atoms with van der Waals surface area (Å²) in [7, 11) is 2.51. The van der Waals surface area contributed by atoms with Gasteiger partial charge in [0.2, 0.25) is 0 Å². The van der Waals surface area contributed by atoms with E-state index in [0.29, 0.717) is 11.4 Å². The van der Waals surface area contributed by atoms with Gasteiger partial charge in [-0.05, 0) is 19.9 Å². The molecule has 0 bridgehead atoms. The van der Waals surface area contributed by atoms with Crippen molar-refractivity contribution >= 4 is 11.9 Å². The van der Waals surface area contributed by atoms with Gasteiger partial charge in [-0.1, -0.05) is 0 Å². The second-order valence-corrected chi connectivity index (χ2v) is 3.25. The minimum Gasteiger partial charge on any atom is -0.465 e. The summed E-state index contributed by atoms with van der Waals surface area (Å²) in [5.74, 6) is -1.17. The van der Waals surface area contributed by atoms with E-state index in [9.17, 15) is 9.59 Å². The van der Waals surface area contributed by atoms with E-state index in [-0.39, 0.29) is 11.1 Å².